The van der Waals surface area contributed by atoms with Crippen molar-refractivity contribution in [3.63, 3.8) is 0 Å². The highest BCUT2D eigenvalue weighted by molar-refractivity contribution is 6.00. The first kappa shape index (κ1) is 15.4. The van der Waals surface area contributed by atoms with Crippen LogP contribution in [0.4, 0.5) is 24.7 Å². The fourth-order valence-electron chi connectivity index (χ4n) is 2.69. The van der Waals surface area contributed by atoms with Crippen LogP contribution in [0.2, 0.25) is 0 Å². The van der Waals surface area contributed by atoms with Gasteiger partial charge in [0.25, 0.3) is 0 Å². The molecule has 0 aliphatic carbocycles. The highest BCUT2D eigenvalue weighted by atomic mass is 19.4. The number of hydrogen-bond acceptors (Lipinski definition) is 4. The van der Waals surface area contributed by atoms with Crippen LogP contribution in [0.3, 0.4) is 0 Å². The summed E-state index contributed by atoms with van der Waals surface area (Å²) in [4.78, 5) is 0. The van der Waals surface area contributed by atoms with Gasteiger partial charge in [0.2, 0.25) is 0 Å². The summed E-state index contributed by atoms with van der Waals surface area (Å²) in [5, 5.41) is 17.1. The molecule has 8 heteroatoms. The van der Waals surface area contributed by atoms with Crippen molar-refractivity contribution < 1.29 is 13.2 Å². The first-order chi connectivity index (χ1) is 11.9. The van der Waals surface area contributed by atoms with Crippen molar-refractivity contribution in [2.24, 2.45) is 0 Å². The van der Waals surface area contributed by atoms with Gasteiger partial charge in [-0.25, -0.2) is 0 Å². The fourth-order valence-corrected chi connectivity index (χ4v) is 2.69. The molecule has 2 aromatic carbocycles. The second-order valence-electron chi connectivity index (χ2n) is 5.58. The van der Waals surface area contributed by atoms with E-state index in [1.54, 1.807) is 17.5 Å². The number of fused-ring (bicyclic) bond motifs is 3. The van der Waals surface area contributed by atoms with E-state index in [-0.39, 0.29) is 0 Å². The molecular formula is C17H12F3N5. The summed E-state index contributed by atoms with van der Waals surface area (Å²) in [7, 11) is 0. The SMILES string of the molecule is Cc1nnc2c3ccccc3c(Nc3cccc(C(F)(F)F)c3)nn12. The maximum Gasteiger partial charge on any atom is 0.416 e. The predicted molar refractivity (Wildman–Crippen MR) is 87.8 cm³/mol. The molecule has 2 heterocycles. The van der Waals surface area contributed by atoms with Crippen molar-refractivity contribution in [1.29, 1.82) is 0 Å². The van der Waals surface area contributed by atoms with Gasteiger partial charge in [-0.05, 0) is 25.1 Å². The first-order valence-corrected chi connectivity index (χ1v) is 7.48. The van der Waals surface area contributed by atoms with Crippen molar-refractivity contribution in [2.45, 2.75) is 13.1 Å². The van der Waals surface area contributed by atoms with Gasteiger partial charge in [0, 0.05) is 16.5 Å². The third kappa shape index (κ3) is 2.65. The molecule has 5 nitrogen and oxygen atoms in total. The highest BCUT2D eigenvalue weighted by Gasteiger charge is 2.30. The minimum absolute atomic E-state index is 0.303. The predicted octanol–water partition coefficient (Wildman–Crippen LogP) is 4.35. The van der Waals surface area contributed by atoms with Crippen molar-refractivity contribution in [2.75, 3.05) is 5.32 Å². The number of aryl methyl sites for hydroxylation is 1. The standard InChI is InChI=1S/C17H12F3N5/c1-10-22-23-16-14-8-3-2-7-13(14)15(24-25(10)16)21-12-6-4-5-11(9-12)17(18,19)20/h2-9H,1H3,(H,21,24). The van der Waals surface area contributed by atoms with Crippen LogP contribution in [0.1, 0.15) is 11.4 Å². The van der Waals surface area contributed by atoms with E-state index in [1.807, 2.05) is 24.3 Å². The lowest BCUT2D eigenvalue weighted by molar-refractivity contribution is -0.137. The van der Waals surface area contributed by atoms with Gasteiger partial charge in [0.1, 0.15) is 0 Å². The molecule has 0 amide bonds. The largest absolute Gasteiger partial charge is 0.416 e. The van der Waals surface area contributed by atoms with Gasteiger partial charge in [-0.3, -0.25) is 0 Å². The summed E-state index contributed by atoms with van der Waals surface area (Å²) >= 11 is 0. The average Bonchev–Trinajstić information content (AvgIpc) is 2.96. The summed E-state index contributed by atoms with van der Waals surface area (Å²) < 4.78 is 40.3. The van der Waals surface area contributed by atoms with Crippen LogP contribution in [0.25, 0.3) is 16.4 Å². The number of halogens is 3. The molecule has 0 radical (unpaired) electrons. The molecule has 0 saturated carbocycles. The van der Waals surface area contributed by atoms with E-state index in [2.05, 4.69) is 20.6 Å². The molecule has 0 unspecified atom stereocenters. The molecule has 25 heavy (non-hydrogen) atoms. The Labute approximate surface area is 140 Å². The highest BCUT2D eigenvalue weighted by Crippen LogP contribution is 2.32. The lowest BCUT2D eigenvalue weighted by Gasteiger charge is -2.12. The van der Waals surface area contributed by atoms with E-state index in [1.165, 1.54) is 6.07 Å². The zero-order valence-corrected chi connectivity index (χ0v) is 13.0. The Balaban J connectivity index is 1.87. The second kappa shape index (κ2) is 5.44. The number of aromatic nitrogens is 4. The number of benzene rings is 2. The third-order valence-electron chi connectivity index (χ3n) is 3.87. The van der Waals surface area contributed by atoms with Crippen molar-refractivity contribution in [1.82, 2.24) is 19.8 Å². The maximum atomic E-state index is 12.9. The lowest BCUT2D eigenvalue weighted by atomic mass is 10.1. The zero-order chi connectivity index (χ0) is 17.6. The molecule has 126 valence electrons. The quantitative estimate of drug-likeness (QED) is 0.588. The zero-order valence-electron chi connectivity index (χ0n) is 13.0. The summed E-state index contributed by atoms with van der Waals surface area (Å²) in [5.41, 5.74) is 0.184. The number of hydrogen-bond donors (Lipinski definition) is 1. The van der Waals surface area contributed by atoms with Gasteiger partial charge in [0.05, 0.1) is 5.56 Å². The molecule has 0 saturated heterocycles. The van der Waals surface area contributed by atoms with Crippen LogP contribution < -0.4 is 5.32 Å². The molecule has 0 bridgehead atoms. The molecule has 0 aliphatic heterocycles. The second-order valence-corrected chi connectivity index (χ2v) is 5.58. The molecule has 1 N–H and O–H groups in total. The summed E-state index contributed by atoms with van der Waals surface area (Å²) in [6, 6.07) is 12.4. The van der Waals surface area contributed by atoms with E-state index in [0.717, 1.165) is 22.9 Å². The van der Waals surface area contributed by atoms with Gasteiger partial charge in [-0.1, -0.05) is 30.3 Å². The number of rotatable bonds is 2. The maximum absolute atomic E-state index is 12.9. The number of alkyl halides is 3. The van der Waals surface area contributed by atoms with Gasteiger partial charge in [0.15, 0.2) is 17.3 Å². The van der Waals surface area contributed by atoms with Gasteiger partial charge in [-0.15, -0.1) is 15.3 Å². The topological polar surface area (TPSA) is 55.1 Å². The molecule has 4 rings (SSSR count). The van der Waals surface area contributed by atoms with Crippen LogP contribution in [0.15, 0.2) is 48.5 Å². The van der Waals surface area contributed by atoms with Crippen LogP contribution >= 0.6 is 0 Å². The molecule has 0 atom stereocenters. The molecule has 0 aliphatic rings. The summed E-state index contributed by atoms with van der Waals surface area (Å²) in [5.74, 6) is 1.03. The van der Waals surface area contributed by atoms with Crippen LogP contribution in [0, 0.1) is 6.92 Å². The van der Waals surface area contributed by atoms with E-state index < -0.39 is 11.7 Å². The Morgan fingerprint density at radius 3 is 2.48 bits per heavy atom. The van der Waals surface area contributed by atoms with Gasteiger partial charge < -0.3 is 5.32 Å². The van der Waals surface area contributed by atoms with E-state index in [4.69, 9.17) is 0 Å². The van der Waals surface area contributed by atoms with Crippen molar-refractivity contribution in [3.05, 3.63) is 59.9 Å². The van der Waals surface area contributed by atoms with Crippen molar-refractivity contribution >= 4 is 27.9 Å². The molecular weight excluding hydrogens is 331 g/mol. The van der Waals surface area contributed by atoms with E-state index in [9.17, 15) is 13.2 Å². The van der Waals surface area contributed by atoms with E-state index in [0.29, 0.717) is 23.0 Å². The summed E-state index contributed by atoms with van der Waals surface area (Å²) in [6.07, 6.45) is -4.40. The Bertz CT molecular complexity index is 1080. The molecule has 0 spiro atoms. The number of nitrogens with one attached hydrogen (secondary N) is 1. The molecule has 2 aromatic heterocycles. The fraction of sp³-hybridized carbons (Fsp3) is 0.118. The monoisotopic (exact) mass is 343 g/mol. The number of anilines is 2. The van der Waals surface area contributed by atoms with Gasteiger partial charge >= 0.3 is 6.18 Å². The summed E-state index contributed by atoms with van der Waals surface area (Å²) in [6.45, 7) is 1.76. The minimum atomic E-state index is -4.40. The van der Waals surface area contributed by atoms with Crippen LogP contribution in [0.5, 0.6) is 0 Å². The average molecular weight is 343 g/mol. The van der Waals surface area contributed by atoms with Gasteiger partial charge in [-0.2, -0.15) is 17.7 Å². The minimum Gasteiger partial charge on any atom is -0.338 e. The van der Waals surface area contributed by atoms with Crippen LogP contribution in [-0.4, -0.2) is 19.8 Å². The normalized spacial score (nSPS) is 12.0. The Morgan fingerprint density at radius 2 is 1.72 bits per heavy atom. The first-order valence-electron chi connectivity index (χ1n) is 7.48. The molecule has 4 aromatic rings. The smallest absolute Gasteiger partial charge is 0.338 e. The Kier molecular flexibility index (Phi) is 3.34. The molecule has 0 fully saturated rings. The third-order valence-corrected chi connectivity index (χ3v) is 3.87. The Hall–Kier alpha value is -3.16. The van der Waals surface area contributed by atoms with E-state index >= 15 is 0 Å². The van der Waals surface area contributed by atoms with Crippen LogP contribution in [-0.2, 0) is 6.18 Å². The van der Waals surface area contributed by atoms with Crippen molar-refractivity contribution in [3.8, 4) is 0 Å². The lowest BCUT2D eigenvalue weighted by Crippen LogP contribution is -2.06. The number of nitrogens with zero attached hydrogens (tertiary/aromatic N) is 4. The Morgan fingerprint density at radius 1 is 0.960 bits per heavy atom.